The van der Waals surface area contributed by atoms with E-state index in [-0.39, 0.29) is 0 Å². The van der Waals surface area contributed by atoms with Crippen LogP contribution in [0, 0.1) is 0 Å². The Kier molecular flexibility index (Phi) is 5.61. The van der Waals surface area contributed by atoms with E-state index in [2.05, 4.69) is 170 Å². The Balaban J connectivity index is 1.36. The minimum Gasteiger partial charge on any atom is -0.0622 e. The summed E-state index contributed by atoms with van der Waals surface area (Å²) in [6, 6.07) is 62.3. The largest absolute Gasteiger partial charge is 0.0622 e. The Bertz CT molecular complexity index is 2480. The van der Waals surface area contributed by atoms with E-state index in [1.54, 1.807) is 0 Å². The minimum atomic E-state index is 1.24. The Morgan fingerprint density at radius 3 is 1.41 bits per heavy atom. The SMILES string of the molecule is c1ccc(-c2ccc3ccc(-c4c5ccccc5c(-c5cc6ccccc6c6ccccc56)c5ccccc45)cc3c2)cc1. The van der Waals surface area contributed by atoms with Crippen molar-refractivity contribution in [3.05, 3.63) is 170 Å². The molecule has 9 rings (SSSR count). The van der Waals surface area contributed by atoms with E-state index < -0.39 is 0 Å². The fraction of sp³-hybridized carbons (Fsp3) is 0. The quantitative estimate of drug-likeness (QED) is 0.150. The molecule has 0 unspecified atom stereocenters. The molecule has 0 fully saturated rings. The zero-order valence-corrected chi connectivity index (χ0v) is 24.2. The molecule has 0 saturated carbocycles. The van der Waals surface area contributed by atoms with Crippen LogP contribution in [0.1, 0.15) is 0 Å². The van der Waals surface area contributed by atoms with Crippen molar-refractivity contribution in [3.8, 4) is 33.4 Å². The van der Waals surface area contributed by atoms with Gasteiger partial charge in [-0.3, -0.25) is 0 Å². The molecule has 0 atom stereocenters. The summed E-state index contributed by atoms with van der Waals surface area (Å²) in [6.45, 7) is 0. The smallest absolute Gasteiger partial charge is 0.00199 e. The van der Waals surface area contributed by atoms with E-state index >= 15 is 0 Å². The van der Waals surface area contributed by atoms with Gasteiger partial charge in [-0.1, -0.05) is 152 Å². The van der Waals surface area contributed by atoms with Crippen LogP contribution in [0.2, 0.25) is 0 Å². The third-order valence-corrected chi connectivity index (χ3v) is 9.20. The lowest BCUT2D eigenvalue weighted by Crippen LogP contribution is -1.92. The molecule has 9 aromatic rings. The zero-order chi connectivity index (χ0) is 29.0. The van der Waals surface area contributed by atoms with Crippen LogP contribution in [0.4, 0.5) is 0 Å². The van der Waals surface area contributed by atoms with Gasteiger partial charge in [0.2, 0.25) is 0 Å². The van der Waals surface area contributed by atoms with Gasteiger partial charge in [-0.05, 0) is 105 Å². The molecule has 0 aliphatic carbocycles. The van der Waals surface area contributed by atoms with Gasteiger partial charge in [-0.15, -0.1) is 0 Å². The molecule has 9 aromatic carbocycles. The molecule has 0 aromatic heterocycles. The highest BCUT2D eigenvalue weighted by Crippen LogP contribution is 2.46. The van der Waals surface area contributed by atoms with E-state index in [0.717, 1.165) is 0 Å². The predicted molar refractivity (Wildman–Crippen MR) is 190 cm³/mol. The number of fused-ring (bicyclic) bond motifs is 6. The summed E-state index contributed by atoms with van der Waals surface area (Å²) in [6.07, 6.45) is 0. The molecular formula is C44H28. The maximum absolute atomic E-state index is 2.40. The fourth-order valence-electron chi connectivity index (χ4n) is 7.20. The molecule has 44 heavy (non-hydrogen) atoms. The van der Waals surface area contributed by atoms with Gasteiger partial charge >= 0.3 is 0 Å². The van der Waals surface area contributed by atoms with Crippen molar-refractivity contribution in [2.24, 2.45) is 0 Å². The third-order valence-electron chi connectivity index (χ3n) is 9.20. The van der Waals surface area contributed by atoms with Crippen molar-refractivity contribution < 1.29 is 0 Å². The second kappa shape index (κ2) is 9.93. The van der Waals surface area contributed by atoms with Crippen molar-refractivity contribution >= 4 is 53.9 Å². The van der Waals surface area contributed by atoms with Gasteiger partial charge in [0.25, 0.3) is 0 Å². The van der Waals surface area contributed by atoms with Crippen molar-refractivity contribution in [1.29, 1.82) is 0 Å². The molecule has 0 heteroatoms. The minimum absolute atomic E-state index is 1.24. The van der Waals surface area contributed by atoms with Crippen LogP contribution >= 0.6 is 0 Å². The highest BCUT2D eigenvalue weighted by Gasteiger charge is 2.19. The molecule has 0 heterocycles. The average Bonchev–Trinajstić information content (AvgIpc) is 3.10. The van der Waals surface area contributed by atoms with E-state index in [0.29, 0.717) is 0 Å². The summed E-state index contributed by atoms with van der Waals surface area (Å²) in [4.78, 5) is 0. The predicted octanol–water partition coefficient (Wildman–Crippen LogP) is 12.5. The summed E-state index contributed by atoms with van der Waals surface area (Å²) in [7, 11) is 0. The first-order valence-electron chi connectivity index (χ1n) is 15.3. The lowest BCUT2D eigenvalue weighted by Gasteiger charge is -2.20. The van der Waals surface area contributed by atoms with Crippen molar-refractivity contribution in [3.63, 3.8) is 0 Å². The molecule has 0 saturated heterocycles. The Morgan fingerprint density at radius 1 is 0.227 bits per heavy atom. The molecule has 204 valence electrons. The summed E-state index contributed by atoms with van der Waals surface area (Å²) in [5, 5.41) is 12.7. The molecule has 0 aliphatic rings. The normalized spacial score (nSPS) is 11.6. The lowest BCUT2D eigenvalue weighted by atomic mass is 9.83. The molecule has 0 spiro atoms. The monoisotopic (exact) mass is 556 g/mol. The van der Waals surface area contributed by atoms with E-state index in [4.69, 9.17) is 0 Å². The van der Waals surface area contributed by atoms with E-state index in [9.17, 15) is 0 Å². The Labute approximate surface area is 256 Å². The number of hydrogen-bond acceptors (Lipinski definition) is 0. The second-order valence-electron chi connectivity index (χ2n) is 11.7. The van der Waals surface area contributed by atoms with Gasteiger partial charge in [-0.2, -0.15) is 0 Å². The van der Waals surface area contributed by atoms with Crippen LogP contribution in [0.25, 0.3) is 87.2 Å². The molecule has 0 aliphatic heterocycles. The van der Waals surface area contributed by atoms with Gasteiger partial charge < -0.3 is 0 Å². The van der Waals surface area contributed by atoms with Gasteiger partial charge in [0, 0.05) is 0 Å². The Hall–Kier alpha value is -5.72. The summed E-state index contributed by atoms with van der Waals surface area (Å²) in [5.74, 6) is 0. The molecule has 0 nitrogen and oxygen atoms in total. The van der Waals surface area contributed by atoms with Gasteiger partial charge in [0.1, 0.15) is 0 Å². The molecule has 0 amide bonds. The van der Waals surface area contributed by atoms with Crippen molar-refractivity contribution in [2.75, 3.05) is 0 Å². The Morgan fingerprint density at radius 2 is 0.727 bits per heavy atom. The van der Waals surface area contributed by atoms with Crippen LogP contribution in [-0.4, -0.2) is 0 Å². The molecule has 0 N–H and O–H groups in total. The first-order chi connectivity index (χ1) is 21.8. The number of hydrogen-bond donors (Lipinski definition) is 0. The maximum atomic E-state index is 2.40. The maximum Gasteiger partial charge on any atom is -0.00199 e. The fourth-order valence-corrected chi connectivity index (χ4v) is 7.20. The van der Waals surface area contributed by atoms with Crippen LogP contribution < -0.4 is 0 Å². The molecular weight excluding hydrogens is 528 g/mol. The van der Waals surface area contributed by atoms with Gasteiger partial charge in [0.05, 0.1) is 0 Å². The van der Waals surface area contributed by atoms with E-state index in [1.807, 2.05) is 0 Å². The lowest BCUT2D eigenvalue weighted by molar-refractivity contribution is 1.64. The summed E-state index contributed by atoms with van der Waals surface area (Å²) in [5.41, 5.74) is 7.59. The van der Waals surface area contributed by atoms with Crippen LogP contribution in [0.5, 0.6) is 0 Å². The summed E-state index contributed by atoms with van der Waals surface area (Å²) >= 11 is 0. The second-order valence-corrected chi connectivity index (χ2v) is 11.7. The van der Waals surface area contributed by atoms with Crippen LogP contribution in [-0.2, 0) is 0 Å². The third kappa shape index (κ3) is 3.85. The van der Waals surface area contributed by atoms with Crippen LogP contribution in [0.15, 0.2) is 170 Å². The first-order valence-corrected chi connectivity index (χ1v) is 15.3. The average molecular weight is 557 g/mol. The zero-order valence-electron chi connectivity index (χ0n) is 24.2. The topological polar surface area (TPSA) is 0 Å². The van der Waals surface area contributed by atoms with E-state index in [1.165, 1.54) is 87.2 Å². The summed E-state index contributed by atoms with van der Waals surface area (Å²) < 4.78 is 0. The highest BCUT2D eigenvalue weighted by molar-refractivity contribution is 6.26. The van der Waals surface area contributed by atoms with Crippen molar-refractivity contribution in [1.82, 2.24) is 0 Å². The number of benzene rings is 9. The standard InChI is InChI=1S/C44H28/c1-2-12-29(13-3-1)31-24-22-30-23-25-33(27-34(30)26-31)43-38-18-8-10-20-40(38)44(41-21-11-9-19-39(41)43)42-28-32-14-4-5-15-35(32)36-16-6-7-17-37(36)42/h1-28H. The number of rotatable bonds is 3. The molecule has 0 bridgehead atoms. The first kappa shape index (κ1) is 24.8. The van der Waals surface area contributed by atoms with Gasteiger partial charge in [-0.25, -0.2) is 0 Å². The van der Waals surface area contributed by atoms with Crippen LogP contribution in [0.3, 0.4) is 0 Å². The highest BCUT2D eigenvalue weighted by atomic mass is 14.2. The molecule has 0 radical (unpaired) electrons. The van der Waals surface area contributed by atoms with Gasteiger partial charge in [0.15, 0.2) is 0 Å². The van der Waals surface area contributed by atoms with Crippen molar-refractivity contribution in [2.45, 2.75) is 0 Å².